The number of hydrogen-bond acceptors (Lipinski definition) is 32. The van der Waals surface area contributed by atoms with Crippen LogP contribution in [-0.4, -0.2) is 267 Å². The Morgan fingerprint density at radius 2 is 0.780 bits per heavy atom. The van der Waals surface area contributed by atoms with Crippen molar-refractivity contribution in [3.63, 3.8) is 0 Å². The molecule has 10 aliphatic heterocycles. The number of nitrogens with zero attached hydrogens (tertiary/aromatic N) is 4. The number of ether oxygens (including phenoxy) is 10. The number of aliphatic hydroxyl groups is 6. The molecule has 2 saturated carbocycles. The Labute approximate surface area is 692 Å². The number of rotatable bonds is 24. The molecule has 10 heterocycles. The first-order chi connectivity index (χ1) is 55.6. The van der Waals surface area contributed by atoms with Crippen LogP contribution in [0.15, 0.2) is 110 Å². The van der Waals surface area contributed by atoms with Crippen LogP contribution in [0, 0.1) is 0 Å². The summed E-state index contributed by atoms with van der Waals surface area (Å²) in [5, 5.41) is 66.2. The second-order valence-corrected chi connectivity index (χ2v) is 38.1. The van der Waals surface area contributed by atoms with Gasteiger partial charge in [-0.3, -0.25) is 67.5 Å². The van der Waals surface area contributed by atoms with E-state index >= 15 is 0 Å². The summed E-state index contributed by atoms with van der Waals surface area (Å²) in [5.74, 6) is -4.55. The molecule has 8 N–H and O–H groups in total. The van der Waals surface area contributed by atoms with Crippen LogP contribution >= 0.6 is 13.3 Å². The fourth-order valence-corrected chi connectivity index (χ4v) is 20.5. The van der Waals surface area contributed by atoms with E-state index in [1.165, 1.54) is 72.8 Å². The highest BCUT2D eigenvalue weighted by molar-refractivity contribution is 8.09. The molecule has 40 heteroatoms. The molecule has 0 aromatic heterocycles. The van der Waals surface area contributed by atoms with Gasteiger partial charge >= 0.3 is 25.2 Å². The van der Waals surface area contributed by atoms with Gasteiger partial charge in [0.2, 0.25) is 23.6 Å². The van der Waals surface area contributed by atoms with Gasteiger partial charge < -0.3 is 96.1 Å². The molecule has 4 amide bonds. The monoisotopic (exact) mass is 1730 g/mol. The Morgan fingerprint density at radius 3 is 1.11 bits per heavy atom. The zero-order chi connectivity index (χ0) is 85.8. The van der Waals surface area contributed by atoms with E-state index in [4.69, 9.17) is 94.2 Å². The third kappa shape index (κ3) is 20.5. The molecule has 2 aliphatic carbocycles. The lowest BCUT2D eigenvalue weighted by Gasteiger charge is -2.37. The number of para-hydroxylation sites is 2. The van der Waals surface area contributed by atoms with Crippen molar-refractivity contribution in [1.82, 2.24) is 29.8 Å². The third-order valence-electron chi connectivity index (χ3n) is 21.5. The van der Waals surface area contributed by atoms with Crippen LogP contribution in [0.4, 0.5) is 0 Å². The second kappa shape index (κ2) is 37.4. The fraction of sp³-hybridized carbons (Fsp3) is 0.615. The number of carbonyl (C=O) groups is 10. The lowest BCUT2D eigenvalue weighted by atomic mass is 9.95. The van der Waals surface area contributed by atoms with E-state index in [-0.39, 0.29) is 92.7 Å². The van der Waals surface area contributed by atoms with Gasteiger partial charge in [0.15, 0.2) is 59.6 Å². The molecule has 6 saturated heterocycles. The minimum atomic E-state index is -3.42. The Kier molecular flexibility index (Phi) is 29.1. The first kappa shape index (κ1) is 91.8. The number of esters is 2. The van der Waals surface area contributed by atoms with Crippen molar-refractivity contribution in [3.8, 4) is 11.5 Å². The Bertz CT molecular complexity index is 4280. The lowest BCUT2D eigenvalue weighted by Crippen LogP contribution is -2.54. The number of nitrogens with one attached hydrogen (secondary N) is 2. The molecular formula is C78H104N6O30P2S2. The summed E-state index contributed by atoms with van der Waals surface area (Å²) >= 11 is 11.5. The quantitative estimate of drug-likeness (QED) is 0.0422. The van der Waals surface area contributed by atoms with E-state index in [1.807, 2.05) is 19.9 Å². The van der Waals surface area contributed by atoms with Gasteiger partial charge in [0.05, 0.1) is 64.3 Å². The number of ketones is 4. The topological polar surface area (TPSA) is 458 Å². The maximum atomic E-state index is 12.9. The number of carbonyl (C=O) groups excluding carboxylic acids is 10. The molecule has 2 unspecified atom stereocenters. The van der Waals surface area contributed by atoms with Crippen molar-refractivity contribution in [2.75, 3.05) is 26.4 Å². The average molecular weight is 1730 g/mol. The molecule has 12 aliphatic rings. The lowest BCUT2D eigenvalue weighted by molar-refractivity contribution is -0.236. The number of fused-ring (bicyclic) bond motifs is 2. The van der Waals surface area contributed by atoms with Gasteiger partial charge in [-0.15, -0.1) is 0 Å². The van der Waals surface area contributed by atoms with Crippen LogP contribution < -0.4 is 19.2 Å². The summed E-state index contributed by atoms with van der Waals surface area (Å²) in [7, 11) is 0. The maximum absolute atomic E-state index is 12.9. The molecule has 2 aromatic carbocycles. The fourth-order valence-electron chi connectivity index (χ4n) is 15.7. The van der Waals surface area contributed by atoms with E-state index in [2.05, 4.69) is 10.2 Å². The molecule has 648 valence electrons. The summed E-state index contributed by atoms with van der Waals surface area (Å²) < 4.78 is 83.8. The first-order valence-corrected chi connectivity index (χ1v) is 44.3. The van der Waals surface area contributed by atoms with Gasteiger partial charge in [0.1, 0.15) is 94.8 Å². The first-order valence-electron chi connectivity index (χ1n) is 39.0. The van der Waals surface area contributed by atoms with Gasteiger partial charge in [-0.25, -0.2) is 10.2 Å². The molecule has 118 heavy (non-hydrogen) atoms. The third-order valence-corrected chi connectivity index (χ3v) is 26.5. The molecule has 0 radical (unpaired) electrons. The van der Waals surface area contributed by atoms with Crippen molar-refractivity contribution in [2.24, 2.45) is 0 Å². The molecule has 14 rings (SSSR count). The molecule has 2 aromatic rings. The predicted molar refractivity (Wildman–Crippen MR) is 418 cm³/mol. The molecule has 2 spiro atoms. The smallest absolute Gasteiger partial charge is 0.323 e. The highest BCUT2D eigenvalue weighted by atomic mass is 32.5. The minimum absolute atomic E-state index is 0.0655. The largest absolute Gasteiger partial charge is 0.462 e. The van der Waals surface area contributed by atoms with E-state index in [9.17, 15) is 73.5 Å². The van der Waals surface area contributed by atoms with E-state index in [0.29, 0.717) is 11.5 Å². The van der Waals surface area contributed by atoms with Crippen molar-refractivity contribution < 1.29 is 144 Å². The summed E-state index contributed by atoms with van der Waals surface area (Å²) in [5.41, 5.74) is -5.48. The molecule has 36 nitrogen and oxygen atoms in total. The predicted octanol–water partition coefficient (Wildman–Crippen LogP) is 3.70. The second-order valence-electron chi connectivity index (χ2n) is 31.8. The zero-order valence-electron chi connectivity index (χ0n) is 66.9. The number of benzene rings is 2. The molecule has 8 fully saturated rings. The molecule has 0 bridgehead atoms. The standard InChI is InChI=1S/C28H37N2O9PS.C23H31N2O9PS.C16H21NO6.C11H15NO6/c1-18(2)35-25(33)19(3)29-40(41,38-21-10-6-5-7-11-21)34-17-22-24-27(4,39-28(37-24)13-8-9-14-28)26(36-22)30-15-12-20(31)16-23(30)32;1-14(2)32-21(29)15(3)24-35(36,34-17-8-6-5-7-9-17)31-13-18-20(28)23(4,30)22(33-18)25-11-10-16(26)12-19(25)27;1-15-13(22-16(23-15)5-2-3-6-16)11(9-18)21-14(15)17-7-4-10(19)8-12(17)20;1-11(17)9(16)7(5-13)18-10(11)12-3-2-6(14)4-8(12)15/h5-7,10-12,15,18-19,22,24,26H,8-9,13-14,16-17H2,1-4H3,(H,29,41);5-11,14-15,18,20,22,28,30H,12-13H2,1-4H3,(H,24,36);4,7,11,13-14,18H,2-3,5-6,8-9H2,1H3;2-3,7,9-10,13,16-17H,4-5H2,1H3/t19-,22+,24+,26+,27+,40?;15-,18+,20+,22+,23+,35?;11-,13-,14-,15-;7-,9-,10-,11-/m0011/s1. The maximum Gasteiger partial charge on any atom is 0.323 e. The highest BCUT2D eigenvalue weighted by Gasteiger charge is 2.70. The average Bonchev–Trinajstić information content (AvgIpc) is 1.55. The van der Waals surface area contributed by atoms with E-state index < -0.39 is 163 Å². The van der Waals surface area contributed by atoms with Crippen molar-refractivity contribution in [1.29, 1.82) is 0 Å². The normalized spacial score (nSPS) is 33.9. The Balaban J connectivity index is 0.000000161. The van der Waals surface area contributed by atoms with Gasteiger partial charge in [0.25, 0.3) is 0 Å². The van der Waals surface area contributed by atoms with E-state index in [1.54, 1.807) is 96.1 Å². The van der Waals surface area contributed by atoms with Gasteiger partial charge in [-0.1, -0.05) is 36.4 Å². The van der Waals surface area contributed by atoms with Crippen LogP contribution in [0.25, 0.3) is 0 Å². The van der Waals surface area contributed by atoms with Crippen LogP contribution in [-0.2, 0) is 128 Å². The van der Waals surface area contributed by atoms with E-state index in [0.717, 1.165) is 61.2 Å². The van der Waals surface area contributed by atoms with Crippen LogP contribution in [0.5, 0.6) is 11.5 Å². The summed E-state index contributed by atoms with van der Waals surface area (Å²) in [4.78, 5) is 125. The number of hydrogen-bond donors (Lipinski definition) is 8. The Morgan fingerprint density at radius 1 is 0.475 bits per heavy atom. The Hall–Kier alpha value is -6.92. The zero-order valence-corrected chi connectivity index (χ0v) is 70.3. The molecule has 20 atom stereocenters. The minimum Gasteiger partial charge on any atom is -0.462 e. The van der Waals surface area contributed by atoms with Crippen molar-refractivity contribution >= 4 is 95.6 Å². The summed E-state index contributed by atoms with van der Waals surface area (Å²) in [6.07, 6.45) is 4.77. The highest BCUT2D eigenvalue weighted by Crippen LogP contribution is 2.57. The van der Waals surface area contributed by atoms with Gasteiger partial charge in [0, 0.05) is 50.5 Å². The van der Waals surface area contributed by atoms with Gasteiger partial charge in [-0.2, -0.15) is 0 Å². The number of amides is 4. The summed E-state index contributed by atoms with van der Waals surface area (Å²) in [6, 6.07) is 15.9. The number of allylic oxidation sites excluding steroid dienone is 4. The van der Waals surface area contributed by atoms with Crippen LogP contribution in [0.1, 0.15) is 146 Å². The van der Waals surface area contributed by atoms with Crippen molar-refractivity contribution in [2.45, 2.75) is 278 Å². The van der Waals surface area contributed by atoms with Crippen LogP contribution in [0.2, 0.25) is 0 Å². The van der Waals surface area contributed by atoms with Gasteiger partial charge in [-0.05, 0) is 167 Å². The van der Waals surface area contributed by atoms with Crippen LogP contribution in [0.3, 0.4) is 0 Å². The van der Waals surface area contributed by atoms with Crippen molar-refractivity contribution in [3.05, 3.63) is 110 Å². The summed E-state index contributed by atoms with van der Waals surface area (Å²) in [6.45, 7) is 8.68. The molecular weight excluding hydrogens is 1630 g/mol. The SMILES string of the molecule is CC(C)OC(=O)[C@H](C)NP(=S)(OC[C@H]1O[C@@H](N2C=CC(=O)CC2=O)[C@](C)(O)[C@@H]1O)Oc1ccccc1.CC(C)OC(=O)[C@H](C)NP(=S)(OC[C@H]1O[C@@H](N2C=CC(=O)CC2=O)[C@]2(C)OC3(CCCC3)O[C@H]12)Oc1ccccc1.C[C@@]1(O)[C@H](O)[C@@H](CO)O[C@H]1N1C=CC(=O)CC1=O.C[C@@]12OC3(CCCC3)O[C@@H]1[C@@H](CO)O[C@H]2N1C=CC(=O)CC1=O. The number of aliphatic hydroxyl groups excluding tert-OH is 4.